The van der Waals surface area contributed by atoms with Gasteiger partial charge >= 0.3 is 0 Å². The first-order chi connectivity index (χ1) is 15.5. The van der Waals surface area contributed by atoms with Crippen molar-refractivity contribution in [3.05, 3.63) is 35.9 Å². The largest absolute Gasteiger partial charge is 0.350 e. The predicted molar refractivity (Wildman–Crippen MR) is 123 cm³/mol. The van der Waals surface area contributed by atoms with Gasteiger partial charge in [-0.3, -0.25) is 14.4 Å². The van der Waals surface area contributed by atoms with Crippen molar-refractivity contribution in [2.45, 2.75) is 70.1 Å². The van der Waals surface area contributed by atoms with Gasteiger partial charge < -0.3 is 26.6 Å². The molecule has 0 aliphatic carbocycles. The van der Waals surface area contributed by atoms with Gasteiger partial charge in [-0.2, -0.15) is 0 Å². The van der Waals surface area contributed by atoms with Crippen molar-refractivity contribution in [1.82, 2.24) is 20.9 Å². The number of likely N-dealkylation sites (tertiary alicyclic amines) is 1. The molecule has 2 heterocycles. The lowest BCUT2D eigenvalue weighted by Gasteiger charge is -2.39. The minimum Gasteiger partial charge on any atom is -0.350 e. The molecule has 1 aromatic carbocycles. The summed E-state index contributed by atoms with van der Waals surface area (Å²) in [6.45, 7) is 4.03. The van der Waals surface area contributed by atoms with Crippen molar-refractivity contribution < 1.29 is 14.4 Å². The monoisotopic (exact) mass is 443 g/mol. The maximum atomic E-state index is 13.2. The molecule has 176 valence electrons. The van der Waals surface area contributed by atoms with Crippen LogP contribution in [0.4, 0.5) is 0 Å². The molecule has 0 saturated carbocycles. The van der Waals surface area contributed by atoms with Gasteiger partial charge in [0.25, 0.3) is 0 Å². The molecule has 2 fully saturated rings. The minimum absolute atomic E-state index is 0.0492. The van der Waals surface area contributed by atoms with E-state index in [0.29, 0.717) is 38.5 Å². The Hall–Kier alpha value is -2.45. The van der Waals surface area contributed by atoms with E-state index >= 15 is 0 Å². The van der Waals surface area contributed by atoms with Gasteiger partial charge in [0, 0.05) is 25.7 Å². The Labute approximate surface area is 190 Å². The average Bonchev–Trinajstić information content (AvgIpc) is 2.83. The third-order valence-corrected chi connectivity index (χ3v) is 6.50. The smallest absolute Gasteiger partial charge is 0.243 e. The molecule has 2 aliphatic rings. The summed E-state index contributed by atoms with van der Waals surface area (Å²) in [7, 11) is 0. The topological polar surface area (TPSA) is 117 Å². The maximum Gasteiger partial charge on any atom is 0.243 e. The van der Waals surface area contributed by atoms with Crippen molar-refractivity contribution in [2.24, 2.45) is 11.7 Å². The predicted octanol–water partition coefficient (Wildman–Crippen LogP) is 0.906. The van der Waals surface area contributed by atoms with E-state index < -0.39 is 12.1 Å². The van der Waals surface area contributed by atoms with Crippen LogP contribution < -0.4 is 21.7 Å². The number of nitrogens with two attached hydrogens (primary N) is 1. The van der Waals surface area contributed by atoms with Gasteiger partial charge in [0.05, 0.1) is 5.92 Å². The van der Waals surface area contributed by atoms with Gasteiger partial charge in [0.1, 0.15) is 12.1 Å². The van der Waals surface area contributed by atoms with Crippen LogP contribution in [-0.2, 0) is 20.9 Å². The molecule has 4 atom stereocenters. The molecule has 0 radical (unpaired) electrons. The first kappa shape index (κ1) is 24.2. The van der Waals surface area contributed by atoms with Gasteiger partial charge in [-0.1, -0.05) is 30.3 Å². The highest BCUT2D eigenvalue weighted by atomic mass is 16.2. The van der Waals surface area contributed by atoms with Gasteiger partial charge in [-0.25, -0.2) is 0 Å². The van der Waals surface area contributed by atoms with Crippen LogP contribution in [0.3, 0.4) is 0 Å². The molecule has 5 N–H and O–H groups in total. The normalized spacial score (nSPS) is 24.4. The third-order valence-electron chi connectivity index (χ3n) is 6.50. The number of nitrogens with zero attached hydrogens (tertiary/aromatic N) is 1. The summed E-state index contributed by atoms with van der Waals surface area (Å²) in [5.41, 5.74) is 6.69. The Balaban J connectivity index is 1.60. The zero-order valence-corrected chi connectivity index (χ0v) is 19.0. The average molecular weight is 444 g/mol. The highest BCUT2D eigenvalue weighted by molar-refractivity contribution is 5.92. The van der Waals surface area contributed by atoms with E-state index in [1.807, 2.05) is 30.3 Å². The van der Waals surface area contributed by atoms with Crippen LogP contribution in [0.15, 0.2) is 30.3 Å². The molecule has 32 heavy (non-hydrogen) atoms. The van der Waals surface area contributed by atoms with Crippen LogP contribution >= 0.6 is 0 Å². The van der Waals surface area contributed by atoms with Crippen LogP contribution in [0.5, 0.6) is 0 Å². The second-order valence-corrected chi connectivity index (χ2v) is 8.97. The van der Waals surface area contributed by atoms with Gasteiger partial charge in [-0.05, 0) is 57.6 Å². The number of nitrogens with one attached hydrogen (secondary N) is 3. The Kier molecular flexibility index (Phi) is 9.05. The fraction of sp³-hybridized carbons (Fsp3) is 0.625. The quantitative estimate of drug-likeness (QED) is 0.476. The molecule has 3 rings (SSSR count). The van der Waals surface area contributed by atoms with E-state index in [2.05, 4.69) is 22.9 Å². The van der Waals surface area contributed by atoms with E-state index in [-0.39, 0.29) is 30.2 Å². The first-order valence-corrected chi connectivity index (χ1v) is 11.9. The van der Waals surface area contributed by atoms with Crippen molar-refractivity contribution >= 4 is 17.7 Å². The molecule has 8 nitrogen and oxygen atoms in total. The molecule has 3 amide bonds. The lowest BCUT2D eigenvalue weighted by Crippen LogP contribution is -2.58. The van der Waals surface area contributed by atoms with Crippen LogP contribution in [0.2, 0.25) is 0 Å². The van der Waals surface area contributed by atoms with Crippen LogP contribution in [0.25, 0.3) is 0 Å². The number of rotatable bonds is 8. The summed E-state index contributed by atoms with van der Waals surface area (Å²) in [5.74, 6) is -0.558. The van der Waals surface area contributed by atoms with Crippen molar-refractivity contribution in [2.75, 3.05) is 19.6 Å². The lowest BCUT2D eigenvalue weighted by molar-refractivity contribution is -0.146. The molecule has 0 spiro atoms. The number of benzene rings is 1. The molecule has 4 unspecified atom stereocenters. The Morgan fingerprint density at radius 1 is 1.16 bits per heavy atom. The summed E-state index contributed by atoms with van der Waals surface area (Å²) in [5, 5.41) is 9.13. The third kappa shape index (κ3) is 6.53. The maximum absolute atomic E-state index is 13.2. The summed E-state index contributed by atoms with van der Waals surface area (Å²) in [6, 6.07) is 8.79. The molecule has 1 aromatic rings. The second-order valence-electron chi connectivity index (χ2n) is 8.97. The standard InChI is InChI=1S/C24H37N5O3/c1-17-10-11-19(16-26-17)24(32)29-14-6-5-9-21(29)23(31)28-20(12-13-25)22(30)27-15-18-7-3-2-4-8-18/h2-4,7-8,17,19-21,26H,5-6,9-16,25H2,1H3,(H,27,30)(H,28,31). The van der Waals surface area contributed by atoms with Gasteiger partial charge in [-0.15, -0.1) is 0 Å². The fourth-order valence-corrected chi connectivity index (χ4v) is 4.52. The molecule has 0 bridgehead atoms. The zero-order valence-electron chi connectivity index (χ0n) is 19.0. The summed E-state index contributed by atoms with van der Waals surface area (Å²) in [6.07, 6.45) is 4.56. The number of carbonyl (C=O) groups is 3. The first-order valence-electron chi connectivity index (χ1n) is 11.9. The Morgan fingerprint density at radius 2 is 1.94 bits per heavy atom. The molecule has 0 aromatic heterocycles. The Bertz CT molecular complexity index is 764. The number of carbonyl (C=O) groups excluding carboxylic acids is 3. The SMILES string of the molecule is CC1CCC(C(=O)N2CCCCC2C(=O)NC(CCN)C(=O)NCc2ccccc2)CN1. The van der Waals surface area contributed by atoms with Crippen molar-refractivity contribution in [3.8, 4) is 0 Å². The number of piperidine rings is 2. The molecule has 2 aliphatic heterocycles. The summed E-state index contributed by atoms with van der Waals surface area (Å²) >= 11 is 0. The van der Waals surface area contributed by atoms with E-state index in [9.17, 15) is 14.4 Å². The lowest BCUT2D eigenvalue weighted by atomic mass is 9.91. The fourth-order valence-electron chi connectivity index (χ4n) is 4.52. The Morgan fingerprint density at radius 3 is 2.62 bits per heavy atom. The van der Waals surface area contributed by atoms with Gasteiger partial charge in [0.15, 0.2) is 0 Å². The molecular weight excluding hydrogens is 406 g/mol. The van der Waals surface area contributed by atoms with Crippen LogP contribution in [-0.4, -0.2) is 60.4 Å². The number of hydrogen-bond donors (Lipinski definition) is 4. The zero-order chi connectivity index (χ0) is 22.9. The number of amides is 3. The highest BCUT2D eigenvalue weighted by Gasteiger charge is 2.37. The second kappa shape index (κ2) is 12.0. The van der Waals surface area contributed by atoms with E-state index in [0.717, 1.165) is 31.2 Å². The minimum atomic E-state index is -0.715. The van der Waals surface area contributed by atoms with Crippen molar-refractivity contribution in [3.63, 3.8) is 0 Å². The summed E-state index contributed by atoms with van der Waals surface area (Å²) < 4.78 is 0. The van der Waals surface area contributed by atoms with Crippen LogP contribution in [0, 0.1) is 5.92 Å². The van der Waals surface area contributed by atoms with Gasteiger partial charge in [0.2, 0.25) is 17.7 Å². The molecule has 2 saturated heterocycles. The van der Waals surface area contributed by atoms with E-state index in [4.69, 9.17) is 5.73 Å². The van der Waals surface area contributed by atoms with E-state index in [1.54, 1.807) is 4.90 Å². The van der Waals surface area contributed by atoms with E-state index in [1.165, 1.54) is 0 Å². The highest BCUT2D eigenvalue weighted by Crippen LogP contribution is 2.23. The molecular formula is C24H37N5O3. The number of hydrogen-bond acceptors (Lipinski definition) is 5. The summed E-state index contributed by atoms with van der Waals surface area (Å²) in [4.78, 5) is 40.8. The molecule has 8 heteroatoms. The van der Waals surface area contributed by atoms with Crippen LogP contribution in [0.1, 0.15) is 51.0 Å². The van der Waals surface area contributed by atoms with Crippen molar-refractivity contribution in [1.29, 1.82) is 0 Å².